The van der Waals surface area contributed by atoms with E-state index in [2.05, 4.69) is 46.9 Å². The molecule has 5 nitrogen and oxygen atoms in total. The lowest BCUT2D eigenvalue weighted by atomic mass is 9.92. The number of carbonyl (C=O) groups is 1. The highest BCUT2D eigenvalue weighted by Crippen LogP contribution is 2.35. The van der Waals surface area contributed by atoms with Gasteiger partial charge in [-0.05, 0) is 63.5 Å². The van der Waals surface area contributed by atoms with Gasteiger partial charge in [0.15, 0.2) is 5.78 Å². The van der Waals surface area contributed by atoms with Crippen LogP contribution in [0.5, 0.6) is 11.5 Å². The summed E-state index contributed by atoms with van der Waals surface area (Å²) in [6.45, 7) is 4.96. The molecular weight excluding hydrogens is 470 g/mol. The zero-order valence-electron chi connectivity index (χ0n) is 19.7. The molecule has 2 atom stereocenters. The Bertz CT molecular complexity index is 887. The summed E-state index contributed by atoms with van der Waals surface area (Å²) in [5.41, 5.74) is 3.06. The number of benzene rings is 2. The Morgan fingerprint density at radius 1 is 1.09 bits per heavy atom. The van der Waals surface area contributed by atoms with Crippen molar-refractivity contribution in [2.75, 3.05) is 27.9 Å². The number of Topliss-reactive ketones (excluding diaryl/α,β-unsaturated/α-hetero) is 1. The minimum Gasteiger partial charge on any atom is -0.495 e. The van der Waals surface area contributed by atoms with Crippen molar-refractivity contribution in [3.05, 3.63) is 57.6 Å². The molecule has 0 N–H and O–H groups in total. The zero-order chi connectivity index (χ0) is 23.5. The molecule has 0 bridgehead atoms. The van der Waals surface area contributed by atoms with Gasteiger partial charge in [-0.15, -0.1) is 0 Å². The summed E-state index contributed by atoms with van der Waals surface area (Å²) in [6, 6.07) is 12.0. The summed E-state index contributed by atoms with van der Waals surface area (Å²) < 4.78 is 17.0. The molecule has 2 rings (SSSR count). The number of nitrogens with zero attached hydrogens (tertiary/aromatic N) is 1. The summed E-state index contributed by atoms with van der Waals surface area (Å²) in [4.78, 5) is 17.3. The van der Waals surface area contributed by atoms with E-state index in [9.17, 15) is 4.79 Å². The molecule has 0 radical (unpaired) electrons. The molecule has 0 aromatic heterocycles. The summed E-state index contributed by atoms with van der Waals surface area (Å²) >= 11 is 3.46. The minimum atomic E-state index is -0.534. The topological polar surface area (TPSA) is 57.1 Å². The van der Waals surface area contributed by atoms with Crippen molar-refractivity contribution in [2.45, 2.75) is 51.6 Å². The first-order chi connectivity index (χ1) is 15.4. The van der Waals surface area contributed by atoms with E-state index in [0.29, 0.717) is 36.8 Å². The van der Waals surface area contributed by atoms with Gasteiger partial charge in [0.1, 0.15) is 22.1 Å². The van der Waals surface area contributed by atoms with Crippen molar-refractivity contribution in [1.29, 1.82) is 0 Å². The summed E-state index contributed by atoms with van der Waals surface area (Å²) in [5, 5.41) is 0. The molecule has 0 fully saturated rings. The molecule has 2 aromatic carbocycles. The highest BCUT2D eigenvalue weighted by Gasteiger charge is 2.20. The van der Waals surface area contributed by atoms with Crippen LogP contribution in [0.3, 0.4) is 0 Å². The van der Waals surface area contributed by atoms with Crippen LogP contribution in [0.25, 0.3) is 0 Å². The van der Waals surface area contributed by atoms with Gasteiger partial charge in [0.05, 0.1) is 14.2 Å². The van der Waals surface area contributed by atoms with Gasteiger partial charge in [-0.1, -0.05) is 44.5 Å². The number of ether oxygens (including phenoxy) is 3. The smallest absolute Gasteiger partial charge is 0.166 e. The minimum absolute atomic E-state index is 0.0787. The van der Waals surface area contributed by atoms with E-state index >= 15 is 0 Å². The van der Waals surface area contributed by atoms with Gasteiger partial charge < -0.3 is 14.2 Å². The van der Waals surface area contributed by atoms with Gasteiger partial charge in [0, 0.05) is 26.3 Å². The Morgan fingerprint density at radius 2 is 1.75 bits per heavy atom. The van der Waals surface area contributed by atoms with E-state index in [1.54, 1.807) is 27.5 Å². The quantitative estimate of drug-likeness (QED) is 0.230. The largest absolute Gasteiger partial charge is 0.495 e. The molecule has 0 spiro atoms. The molecule has 6 heteroatoms. The number of aliphatic imine (C=N–C) groups is 1. The average Bonchev–Trinajstić information content (AvgIpc) is 2.80. The Balaban J connectivity index is 1.95. The van der Waals surface area contributed by atoms with Crippen LogP contribution >= 0.6 is 15.9 Å². The molecule has 0 saturated carbocycles. The van der Waals surface area contributed by atoms with Crippen LogP contribution < -0.4 is 9.47 Å². The summed E-state index contributed by atoms with van der Waals surface area (Å²) in [6.07, 6.45) is 4.58. The monoisotopic (exact) mass is 503 g/mol. The maximum absolute atomic E-state index is 12.8. The maximum atomic E-state index is 12.8. The first-order valence-corrected chi connectivity index (χ1v) is 11.8. The summed E-state index contributed by atoms with van der Waals surface area (Å²) in [7, 11) is 4.81. The fourth-order valence-electron chi connectivity index (χ4n) is 3.69. The Labute approximate surface area is 200 Å². The van der Waals surface area contributed by atoms with Gasteiger partial charge in [0.25, 0.3) is 0 Å². The molecule has 0 amide bonds. The molecule has 0 heterocycles. The Morgan fingerprint density at radius 3 is 2.34 bits per heavy atom. The number of hydrogen-bond donors (Lipinski definition) is 0. The Hall–Kier alpha value is -2.18. The molecular formula is C26H34BrNO4. The second-order valence-corrected chi connectivity index (χ2v) is 8.61. The van der Waals surface area contributed by atoms with Gasteiger partial charge in [-0.2, -0.15) is 0 Å². The van der Waals surface area contributed by atoms with Gasteiger partial charge in [-0.3, -0.25) is 9.79 Å². The molecule has 0 aliphatic carbocycles. The first-order valence-electron chi connectivity index (χ1n) is 11.0. The number of rotatable bonds is 13. The van der Waals surface area contributed by atoms with Crippen molar-refractivity contribution < 1.29 is 19.0 Å². The molecule has 32 heavy (non-hydrogen) atoms. The van der Waals surface area contributed by atoms with Crippen LogP contribution in [0.15, 0.2) is 45.9 Å². The lowest BCUT2D eigenvalue weighted by Gasteiger charge is -2.17. The van der Waals surface area contributed by atoms with E-state index in [-0.39, 0.29) is 5.78 Å². The SMILES string of the molecule is CCCC(C)c1cccc(C(OC)C(=O)CCCN=Cc2cc(OC)c(Br)c(OC)c2)c1. The fraction of sp³-hybridized carbons (Fsp3) is 0.462. The molecule has 2 aromatic rings. The fourth-order valence-corrected chi connectivity index (χ4v) is 4.24. The van der Waals surface area contributed by atoms with E-state index in [0.717, 1.165) is 28.4 Å². The van der Waals surface area contributed by atoms with Crippen molar-refractivity contribution in [1.82, 2.24) is 0 Å². The third kappa shape index (κ3) is 7.17. The van der Waals surface area contributed by atoms with Crippen LogP contribution in [0.2, 0.25) is 0 Å². The number of halogens is 1. The number of hydrogen-bond acceptors (Lipinski definition) is 5. The molecule has 2 unspecified atom stereocenters. The standard InChI is InChI=1S/C26H34BrNO4/c1-6-9-18(2)20-10-7-11-21(16-20)26(32-5)22(29)12-8-13-28-17-19-14-23(30-3)25(27)24(15-19)31-4/h7,10-11,14-18,26H,6,8-9,12-13H2,1-5H3. The van der Waals surface area contributed by atoms with Crippen LogP contribution in [0.4, 0.5) is 0 Å². The predicted molar refractivity (Wildman–Crippen MR) is 133 cm³/mol. The van der Waals surface area contributed by atoms with Crippen LogP contribution in [-0.4, -0.2) is 39.9 Å². The third-order valence-electron chi connectivity index (χ3n) is 5.45. The van der Waals surface area contributed by atoms with Crippen LogP contribution in [0.1, 0.15) is 68.2 Å². The van der Waals surface area contributed by atoms with Crippen LogP contribution in [-0.2, 0) is 9.53 Å². The van der Waals surface area contributed by atoms with Gasteiger partial charge >= 0.3 is 0 Å². The van der Waals surface area contributed by atoms with Gasteiger partial charge in [0.2, 0.25) is 0 Å². The normalized spacial score (nSPS) is 13.2. The van der Waals surface area contributed by atoms with E-state index in [1.807, 2.05) is 24.3 Å². The van der Waals surface area contributed by atoms with Crippen LogP contribution in [0, 0.1) is 0 Å². The molecule has 0 aliphatic rings. The number of carbonyl (C=O) groups excluding carboxylic acids is 1. The highest BCUT2D eigenvalue weighted by atomic mass is 79.9. The highest BCUT2D eigenvalue weighted by molar-refractivity contribution is 9.10. The number of methoxy groups -OCH3 is 3. The van der Waals surface area contributed by atoms with Gasteiger partial charge in [-0.25, -0.2) is 0 Å². The second kappa shape index (κ2) is 13.4. The van der Waals surface area contributed by atoms with Crippen molar-refractivity contribution in [3.8, 4) is 11.5 Å². The van der Waals surface area contributed by atoms with Crippen molar-refractivity contribution in [3.63, 3.8) is 0 Å². The van der Waals surface area contributed by atoms with E-state index in [1.165, 1.54) is 5.56 Å². The Kier molecular flexibility index (Phi) is 10.9. The molecule has 0 aliphatic heterocycles. The van der Waals surface area contributed by atoms with Crippen molar-refractivity contribution >= 4 is 27.9 Å². The lowest BCUT2D eigenvalue weighted by Crippen LogP contribution is -2.15. The molecule has 0 saturated heterocycles. The van der Waals surface area contributed by atoms with Crippen molar-refractivity contribution in [2.24, 2.45) is 4.99 Å². The zero-order valence-corrected chi connectivity index (χ0v) is 21.3. The van der Waals surface area contributed by atoms with E-state index < -0.39 is 6.10 Å². The average molecular weight is 504 g/mol. The second-order valence-electron chi connectivity index (χ2n) is 7.82. The molecule has 174 valence electrons. The summed E-state index contributed by atoms with van der Waals surface area (Å²) in [5.74, 6) is 1.91. The third-order valence-corrected chi connectivity index (χ3v) is 6.23. The number of ketones is 1. The predicted octanol–water partition coefficient (Wildman–Crippen LogP) is 6.53. The first kappa shape index (κ1) is 26.1. The maximum Gasteiger partial charge on any atom is 0.166 e. The lowest BCUT2D eigenvalue weighted by molar-refractivity contribution is -0.129. The van der Waals surface area contributed by atoms with E-state index in [4.69, 9.17) is 14.2 Å².